The van der Waals surface area contributed by atoms with Crippen LogP contribution in [0.2, 0.25) is 0 Å². The van der Waals surface area contributed by atoms with Gasteiger partial charge in [0.15, 0.2) is 6.61 Å². The lowest BCUT2D eigenvalue weighted by Crippen LogP contribution is -2.44. The van der Waals surface area contributed by atoms with Crippen LogP contribution in [0.15, 0.2) is 18.2 Å². The summed E-state index contributed by atoms with van der Waals surface area (Å²) in [5, 5.41) is 0. The molecule has 2 rings (SSSR count). The summed E-state index contributed by atoms with van der Waals surface area (Å²) < 4.78 is 5.22. The van der Waals surface area contributed by atoms with E-state index in [0.29, 0.717) is 17.4 Å². The summed E-state index contributed by atoms with van der Waals surface area (Å²) in [7, 11) is 0. The standard InChI is InChI=1S/C18H25NO3/c1-12-5-6-15(4)16(8-12)18(21)22-11-17(20)19-9-13(2)7-14(3)10-19/h5-6,8,13-14H,7,9-11H2,1-4H3. The molecule has 1 aromatic carbocycles. The highest BCUT2D eigenvalue weighted by atomic mass is 16.5. The molecule has 0 N–H and O–H groups in total. The summed E-state index contributed by atoms with van der Waals surface area (Å²) in [5.74, 6) is 0.481. The van der Waals surface area contributed by atoms with Gasteiger partial charge in [0.2, 0.25) is 0 Å². The first kappa shape index (κ1) is 16.5. The average Bonchev–Trinajstić information content (AvgIpc) is 2.45. The van der Waals surface area contributed by atoms with E-state index < -0.39 is 5.97 Å². The zero-order chi connectivity index (χ0) is 16.3. The third-order valence-corrected chi connectivity index (χ3v) is 4.16. The van der Waals surface area contributed by atoms with E-state index in [2.05, 4.69) is 13.8 Å². The fraction of sp³-hybridized carbons (Fsp3) is 0.556. The lowest BCUT2D eigenvalue weighted by atomic mass is 9.92. The van der Waals surface area contributed by atoms with Gasteiger partial charge in [0.25, 0.3) is 5.91 Å². The number of amides is 1. The van der Waals surface area contributed by atoms with Gasteiger partial charge >= 0.3 is 5.97 Å². The molecule has 1 fully saturated rings. The quantitative estimate of drug-likeness (QED) is 0.807. The number of ether oxygens (including phenoxy) is 1. The van der Waals surface area contributed by atoms with Crippen LogP contribution in [0.3, 0.4) is 0 Å². The van der Waals surface area contributed by atoms with Crippen molar-refractivity contribution >= 4 is 11.9 Å². The largest absolute Gasteiger partial charge is 0.452 e. The van der Waals surface area contributed by atoms with Gasteiger partial charge in [0.05, 0.1) is 5.56 Å². The highest BCUT2D eigenvalue weighted by Crippen LogP contribution is 2.21. The molecule has 1 aliphatic rings. The van der Waals surface area contributed by atoms with Crippen molar-refractivity contribution in [1.29, 1.82) is 0 Å². The Morgan fingerprint density at radius 2 is 1.82 bits per heavy atom. The van der Waals surface area contributed by atoms with Gasteiger partial charge in [0.1, 0.15) is 0 Å². The molecule has 0 aliphatic carbocycles. The molecule has 0 spiro atoms. The van der Waals surface area contributed by atoms with E-state index in [4.69, 9.17) is 4.74 Å². The average molecular weight is 303 g/mol. The zero-order valence-electron chi connectivity index (χ0n) is 13.9. The Kier molecular flexibility index (Phi) is 5.22. The van der Waals surface area contributed by atoms with E-state index in [0.717, 1.165) is 30.6 Å². The number of nitrogens with zero attached hydrogens (tertiary/aromatic N) is 1. The maximum absolute atomic E-state index is 12.2. The predicted octanol–water partition coefficient (Wildman–Crippen LogP) is 2.96. The van der Waals surface area contributed by atoms with E-state index in [9.17, 15) is 9.59 Å². The van der Waals surface area contributed by atoms with E-state index in [-0.39, 0.29) is 12.5 Å². The molecule has 1 aliphatic heterocycles. The molecule has 4 heteroatoms. The van der Waals surface area contributed by atoms with Crippen LogP contribution in [0.5, 0.6) is 0 Å². The molecule has 1 amide bonds. The molecule has 0 bridgehead atoms. The Bertz CT molecular complexity index is 557. The number of piperidine rings is 1. The number of aryl methyl sites for hydroxylation is 2. The van der Waals surface area contributed by atoms with E-state index >= 15 is 0 Å². The second-order valence-electron chi connectivity index (χ2n) is 6.64. The van der Waals surface area contributed by atoms with Crippen LogP contribution in [-0.4, -0.2) is 36.5 Å². The SMILES string of the molecule is Cc1ccc(C)c(C(=O)OCC(=O)N2CC(C)CC(C)C2)c1. The normalized spacial score (nSPS) is 21.5. The number of hydrogen-bond donors (Lipinski definition) is 0. The fourth-order valence-electron chi connectivity index (χ4n) is 3.12. The van der Waals surface area contributed by atoms with Crippen LogP contribution in [0.1, 0.15) is 41.8 Å². The highest BCUT2D eigenvalue weighted by Gasteiger charge is 2.26. The Hall–Kier alpha value is -1.84. The Morgan fingerprint density at radius 1 is 1.18 bits per heavy atom. The molecule has 1 heterocycles. The summed E-state index contributed by atoms with van der Waals surface area (Å²) in [6.07, 6.45) is 1.14. The summed E-state index contributed by atoms with van der Waals surface area (Å²) in [5.41, 5.74) is 2.40. The molecule has 0 aromatic heterocycles. The van der Waals surface area contributed by atoms with Crippen LogP contribution >= 0.6 is 0 Å². The molecule has 22 heavy (non-hydrogen) atoms. The predicted molar refractivity (Wildman–Crippen MR) is 85.7 cm³/mol. The Morgan fingerprint density at radius 3 is 2.45 bits per heavy atom. The van der Waals surface area contributed by atoms with Crippen LogP contribution in [0, 0.1) is 25.7 Å². The molecule has 0 saturated carbocycles. The zero-order valence-corrected chi connectivity index (χ0v) is 13.9. The number of likely N-dealkylation sites (tertiary alicyclic amines) is 1. The summed E-state index contributed by atoms with van der Waals surface area (Å²) in [6, 6.07) is 5.64. The second-order valence-corrected chi connectivity index (χ2v) is 6.64. The minimum absolute atomic E-state index is 0.0999. The lowest BCUT2D eigenvalue weighted by Gasteiger charge is -2.34. The van der Waals surface area contributed by atoms with Crippen molar-refractivity contribution in [1.82, 2.24) is 4.90 Å². The van der Waals surface area contributed by atoms with Gasteiger partial charge in [-0.05, 0) is 43.7 Å². The molecule has 2 atom stereocenters. The van der Waals surface area contributed by atoms with Crippen molar-refractivity contribution in [2.45, 2.75) is 34.1 Å². The topological polar surface area (TPSA) is 46.6 Å². The van der Waals surface area contributed by atoms with Crippen molar-refractivity contribution in [3.05, 3.63) is 34.9 Å². The van der Waals surface area contributed by atoms with Gasteiger partial charge in [-0.25, -0.2) is 4.79 Å². The van der Waals surface area contributed by atoms with Crippen molar-refractivity contribution in [2.75, 3.05) is 19.7 Å². The van der Waals surface area contributed by atoms with E-state index in [1.54, 1.807) is 6.07 Å². The first-order valence-corrected chi connectivity index (χ1v) is 7.89. The van der Waals surface area contributed by atoms with E-state index in [1.165, 1.54) is 0 Å². The summed E-state index contributed by atoms with van der Waals surface area (Å²) in [6.45, 7) is 9.43. The van der Waals surface area contributed by atoms with Crippen molar-refractivity contribution < 1.29 is 14.3 Å². The number of benzene rings is 1. The molecule has 0 radical (unpaired) electrons. The van der Waals surface area contributed by atoms with Crippen molar-refractivity contribution in [3.63, 3.8) is 0 Å². The number of carbonyl (C=O) groups excluding carboxylic acids is 2. The van der Waals surface area contributed by atoms with E-state index in [1.807, 2.05) is 30.9 Å². The molecule has 120 valence electrons. The number of esters is 1. The lowest BCUT2D eigenvalue weighted by molar-refractivity contribution is -0.137. The van der Waals surface area contributed by atoms with Gasteiger partial charge in [-0.1, -0.05) is 31.5 Å². The highest BCUT2D eigenvalue weighted by molar-refractivity contribution is 5.92. The maximum Gasteiger partial charge on any atom is 0.338 e. The number of hydrogen-bond acceptors (Lipinski definition) is 3. The van der Waals surface area contributed by atoms with Crippen molar-refractivity contribution in [3.8, 4) is 0 Å². The third kappa shape index (κ3) is 4.09. The third-order valence-electron chi connectivity index (χ3n) is 4.16. The minimum atomic E-state index is -0.423. The first-order chi connectivity index (χ1) is 10.4. The van der Waals surface area contributed by atoms with Gasteiger partial charge in [0, 0.05) is 13.1 Å². The second kappa shape index (κ2) is 6.95. The van der Waals surface area contributed by atoms with Gasteiger partial charge in [-0.15, -0.1) is 0 Å². The molecule has 2 unspecified atom stereocenters. The summed E-state index contributed by atoms with van der Waals surface area (Å²) in [4.78, 5) is 26.2. The monoisotopic (exact) mass is 303 g/mol. The smallest absolute Gasteiger partial charge is 0.338 e. The van der Waals surface area contributed by atoms with Crippen LogP contribution in [0.25, 0.3) is 0 Å². The molecular formula is C18H25NO3. The first-order valence-electron chi connectivity index (χ1n) is 7.89. The van der Waals surface area contributed by atoms with Gasteiger partial charge in [-0.3, -0.25) is 4.79 Å². The molecule has 1 saturated heterocycles. The van der Waals surface area contributed by atoms with Crippen molar-refractivity contribution in [2.24, 2.45) is 11.8 Å². The molecule has 1 aromatic rings. The molecule has 4 nitrogen and oxygen atoms in total. The number of rotatable bonds is 3. The van der Waals surface area contributed by atoms with Gasteiger partial charge in [-0.2, -0.15) is 0 Å². The number of carbonyl (C=O) groups is 2. The molecular weight excluding hydrogens is 278 g/mol. The van der Waals surface area contributed by atoms with Crippen LogP contribution < -0.4 is 0 Å². The maximum atomic E-state index is 12.2. The Labute approximate surface area is 132 Å². The van der Waals surface area contributed by atoms with Crippen LogP contribution in [0.4, 0.5) is 0 Å². The Balaban J connectivity index is 1.93. The minimum Gasteiger partial charge on any atom is -0.452 e. The van der Waals surface area contributed by atoms with Crippen LogP contribution in [-0.2, 0) is 9.53 Å². The van der Waals surface area contributed by atoms with Gasteiger partial charge < -0.3 is 9.64 Å². The summed E-state index contributed by atoms with van der Waals surface area (Å²) >= 11 is 0. The fourth-order valence-corrected chi connectivity index (χ4v) is 3.12.